The van der Waals surface area contributed by atoms with Crippen molar-refractivity contribution in [3.8, 4) is 0 Å². The third-order valence-corrected chi connectivity index (χ3v) is 10.3. The van der Waals surface area contributed by atoms with Crippen LogP contribution in [0.4, 0.5) is 0 Å². The maximum Gasteiger partial charge on any atom is 0.139 e. The highest BCUT2D eigenvalue weighted by atomic mass is 16.3. The molecule has 4 aliphatic carbocycles. The van der Waals surface area contributed by atoms with E-state index in [0.29, 0.717) is 35.4 Å². The van der Waals surface area contributed by atoms with E-state index in [4.69, 9.17) is 0 Å². The molecule has 5 aliphatic rings. The largest absolute Gasteiger partial charge is 0.385 e. The molecule has 1 saturated heterocycles. The van der Waals surface area contributed by atoms with Gasteiger partial charge in [-0.05, 0) is 93.1 Å². The molecule has 1 heterocycles. The van der Waals surface area contributed by atoms with Gasteiger partial charge in [-0.15, -0.1) is 0 Å². The molecule has 0 aromatic carbocycles. The lowest BCUT2D eigenvalue weighted by Crippen LogP contribution is -2.63. The summed E-state index contributed by atoms with van der Waals surface area (Å²) in [5, 5.41) is 15.5. The smallest absolute Gasteiger partial charge is 0.139 e. The molecule has 3 nitrogen and oxygen atoms in total. The first-order valence-electron chi connectivity index (χ1n) is 12.1. The van der Waals surface area contributed by atoms with Crippen molar-refractivity contribution in [2.24, 2.45) is 40.4 Å². The molecule has 0 unspecified atom stereocenters. The number of ketones is 1. The Morgan fingerprint density at radius 1 is 1.07 bits per heavy atom. The van der Waals surface area contributed by atoms with E-state index in [-0.39, 0.29) is 10.8 Å². The molecule has 0 amide bonds. The summed E-state index contributed by atoms with van der Waals surface area (Å²) in [4.78, 5) is 12.7. The first-order valence-corrected chi connectivity index (χ1v) is 12.1. The molecule has 5 fully saturated rings. The maximum absolute atomic E-state index is 12.7. The van der Waals surface area contributed by atoms with Gasteiger partial charge in [-0.2, -0.15) is 0 Å². The summed E-state index contributed by atoms with van der Waals surface area (Å²) in [6, 6.07) is 0. The minimum Gasteiger partial charge on any atom is -0.385 e. The zero-order valence-corrected chi connectivity index (χ0v) is 18.4. The molecular weight excluding hydrogens is 358 g/mol. The molecule has 160 valence electrons. The lowest BCUT2D eigenvalue weighted by molar-refractivity contribution is -0.178. The van der Waals surface area contributed by atoms with Crippen LogP contribution in [-0.4, -0.2) is 29.6 Å². The average Bonchev–Trinajstić information content (AvgIpc) is 3.31. The van der Waals surface area contributed by atoms with E-state index in [1.54, 1.807) is 0 Å². The van der Waals surface area contributed by atoms with Crippen LogP contribution in [0.1, 0.15) is 71.6 Å². The summed E-state index contributed by atoms with van der Waals surface area (Å²) < 4.78 is 0. The monoisotopic (exact) mass is 397 g/mol. The Kier molecular flexibility index (Phi) is 4.68. The Hall–Kier alpha value is -0.930. The number of Topliss-reactive ketones (excluding diaryl/α,β-unsaturated/α-hetero) is 1. The van der Waals surface area contributed by atoms with Crippen molar-refractivity contribution in [2.75, 3.05) is 13.1 Å². The predicted octanol–water partition coefficient (Wildman–Crippen LogP) is 4.66. The fourth-order valence-corrected chi connectivity index (χ4v) is 8.35. The number of aliphatic hydroxyl groups is 1. The zero-order valence-electron chi connectivity index (χ0n) is 18.4. The number of hydrogen-bond donors (Lipinski definition) is 2. The van der Waals surface area contributed by atoms with E-state index < -0.39 is 5.60 Å². The summed E-state index contributed by atoms with van der Waals surface area (Å²) in [5.41, 5.74) is 0.124. The molecule has 29 heavy (non-hydrogen) atoms. The molecule has 0 aromatic rings. The third-order valence-electron chi connectivity index (χ3n) is 10.3. The number of allylic oxidation sites excluding steroid dienone is 1. The lowest BCUT2D eigenvalue weighted by atomic mass is 9.42. The van der Waals surface area contributed by atoms with Crippen LogP contribution in [0, 0.1) is 40.4 Å². The van der Waals surface area contributed by atoms with Crippen LogP contribution < -0.4 is 5.32 Å². The number of fused-ring (bicyclic) bond motifs is 5. The lowest BCUT2D eigenvalue weighted by Gasteiger charge is -2.64. The number of hydrogen-bond acceptors (Lipinski definition) is 3. The van der Waals surface area contributed by atoms with E-state index in [2.05, 4.69) is 37.9 Å². The van der Waals surface area contributed by atoms with Crippen molar-refractivity contribution < 1.29 is 9.90 Å². The molecule has 4 saturated carbocycles. The van der Waals surface area contributed by atoms with Gasteiger partial charge in [-0.3, -0.25) is 4.79 Å². The number of rotatable bonds is 2. The quantitative estimate of drug-likeness (QED) is 0.666. The third kappa shape index (κ3) is 2.79. The normalized spacial score (nSPS) is 52.4. The Labute approximate surface area is 176 Å². The minimum absolute atomic E-state index is 0.0841. The average molecular weight is 398 g/mol. The van der Waals surface area contributed by atoms with Crippen molar-refractivity contribution in [2.45, 2.75) is 77.2 Å². The first kappa shape index (κ1) is 20.0. The van der Waals surface area contributed by atoms with Crippen molar-refractivity contribution in [1.29, 1.82) is 0 Å². The maximum atomic E-state index is 12.7. The summed E-state index contributed by atoms with van der Waals surface area (Å²) in [6.45, 7) is 11.3. The highest BCUT2D eigenvalue weighted by Gasteiger charge is 2.65. The van der Waals surface area contributed by atoms with Crippen molar-refractivity contribution in [3.05, 3.63) is 24.3 Å². The predicted molar refractivity (Wildman–Crippen MR) is 116 cm³/mol. The second-order valence-electron chi connectivity index (χ2n) is 11.5. The Morgan fingerprint density at radius 3 is 2.62 bits per heavy atom. The molecular formula is C26H39NO2. The van der Waals surface area contributed by atoms with E-state index in [0.717, 1.165) is 63.6 Å². The van der Waals surface area contributed by atoms with Gasteiger partial charge >= 0.3 is 0 Å². The van der Waals surface area contributed by atoms with E-state index in [9.17, 15) is 9.90 Å². The molecule has 8 atom stereocenters. The summed E-state index contributed by atoms with van der Waals surface area (Å²) >= 11 is 0. The number of nitrogens with one attached hydrogen (secondary N) is 1. The Morgan fingerprint density at radius 2 is 1.86 bits per heavy atom. The van der Waals surface area contributed by atoms with Crippen molar-refractivity contribution >= 4 is 5.78 Å². The SMILES string of the molecule is C=C1C[C@H]2[C@@H]3CCC(=O)[C@@]3(C)CC[C@@H]2[C@@]2(C)CC[C@@H](/C=C\[C@H]3CCNC3)C[C@]12O. The summed E-state index contributed by atoms with van der Waals surface area (Å²) in [5.74, 6) is 3.18. The van der Waals surface area contributed by atoms with Gasteiger partial charge in [0.15, 0.2) is 0 Å². The Balaban J connectivity index is 1.39. The van der Waals surface area contributed by atoms with E-state index >= 15 is 0 Å². The first-order chi connectivity index (χ1) is 13.8. The van der Waals surface area contributed by atoms with Crippen LogP contribution in [0.2, 0.25) is 0 Å². The molecule has 2 N–H and O–H groups in total. The molecule has 0 bridgehead atoms. The van der Waals surface area contributed by atoms with Crippen LogP contribution in [0.5, 0.6) is 0 Å². The second-order valence-corrected chi connectivity index (χ2v) is 11.5. The fourth-order valence-electron chi connectivity index (χ4n) is 8.35. The highest BCUT2D eigenvalue weighted by Crippen LogP contribution is 2.68. The van der Waals surface area contributed by atoms with E-state index in [1.165, 1.54) is 12.8 Å². The van der Waals surface area contributed by atoms with Gasteiger partial charge in [-0.1, -0.05) is 32.6 Å². The molecule has 0 aromatic heterocycles. The van der Waals surface area contributed by atoms with Crippen LogP contribution >= 0.6 is 0 Å². The van der Waals surface area contributed by atoms with Crippen LogP contribution in [-0.2, 0) is 4.79 Å². The summed E-state index contributed by atoms with van der Waals surface area (Å²) in [7, 11) is 0. The number of carbonyl (C=O) groups excluding carboxylic acids is 1. The fraction of sp³-hybridized carbons (Fsp3) is 0.808. The minimum atomic E-state index is -0.744. The summed E-state index contributed by atoms with van der Waals surface area (Å²) in [6.07, 6.45) is 14.0. The van der Waals surface area contributed by atoms with Gasteiger partial charge < -0.3 is 10.4 Å². The van der Waals surface area contributed by atoms with Crippen LogP contribution in [0.15, 0.2) is 24.3 Å². The molecule has 3 heteroatoms. The van der Waals surface area contributed by atoms with Gasteiger partial charge in [0.05, 0.1) is 5.60 Å². The Bertz CT molecular complexity index is 737. The van der Waals surface area contributed by atoms with Gasteiger partial charge in [0, 0.05) is 23.8 Å². The standard InChI is InChI=1S/C26H39NO2/c1-17-14-20-21-6-7-23(28)24(21,2)11-9-22(20)25(3)12-8-18(15-26(17,25)29)4-5-19-10-13-27-16-19/h4-5,18-22,27,29H,1,6-16H2,2-3H3/b5-4-/t18-,19+,20+,21+,22+,24+,25-,26+/m1/s1. The van der Waals surface area contributed by atoms with Gasteiger partial charge in [0.2, 0.25) is 0 Å². The van der Waals surface area contributed by atoms with Crippen LogP contribution in [0.25, 0.3) is 0 Å². The van der Waals surface area contributed by atoms with Crippen molar-refractivity contribution in [3.63, 3.8) is 0 Å². The molecule has 0 radical (unpaired) electrons. The topological polar surface area (TPSA) is 49.3 Å². The van der Waals surface area contributed by atoms with Gasteiger partial charge in [0.1, 0.15) is 5.78 Å². The molecule has 5 rings (SSSR count). The van der Waals surface area contributed by atoms with Gasteiger partial charge in [0.25, 0.3) is 0 Å². The highest BCUT2D eigenvalue weighted by molar-refractivity contribution is 5.87. The zero-order chi connectivity index (χ0) is 20.4. The van der Waals surface area contributed by atoms with Gasteiger partial charge in [-0.25, -0.2) is 0 Å². The van der Waals surface area contributed by atoms with Crippen molar-refractivity contribution in [1.82, 2.24) is 5.32 Å². The second kappa shape index (κ2) is 6.79. The van der Waals surface area contributed by atoms with Crippen LogP contribution in [0.3, 0.4) is 0 Å². The van der Waals surface area contributed by atoms with E-state index in [1.807, 2.05) is 0 Å². The molecule has 1 aliphatic heterocycles. The number of carbonyl (C=O) groups is 1. The molecule has 0 spiro atoms.